The van der Waals surface area contributed by atoms with Crippen molar-refractivity contribution in [3.05, 3.63) is 52.5 Å². The number of carbonyl (C=O) groups is 1. The number of aromatic nitrogens is 2. The summed E-state index contributed by atoms with van der Waals surface area (Å²) in [5.74, 6) is 2.35. The van der Waals surface area contributed by atoms with E-state index in [-0.39, 0.29) is 5.92 Å². The number of hydrogen-bond donors (Lipinski definition) is 0. The Balaban J connectivity index is 1.33. The number of hydrogen-bond acceptors (Lipinski definition) is 4. The van der Waals surface area contributed by atoms with Crippen molar-refractivity contribution in [2.24, 2.45) is 5.92 Å². The van der Waals surface area contributed by atoms with Crippen molar-refractivity contribution in [3.8, 4) is 0 Å². The van der Waals surface area contributed by atoms with Crippen molar-refractivity contribution in [3.63, 3.8) is 0 Å². The molecule has 1 aromatic carbocycles. The summed E-state index contributed by atoms with van der Waals surface area (Å²) in [7, 11) is 0. The Morgan fingerprint density at radius 3 is 2.79 bits per heavy atom. The molecule has 1 fully saturated rings. The van der Waals surface area contributed by atoms with E-state index in [9.17, 15) is 4.79 Å². The van der Waals surface area contributed by atoms with Gasteiger partial charge in [0.05, 0.1) is 5.92 Å². The molecule has 3 aliphatic rings. The van der Waals surface area contributed by atoms with Crippen molar-refractivity contribution in [1.29, 1.82) is 0 Å². The summed E-state index contributed by atoms with van der Waals surface area (Å²) in [4.78, 5) is 27.2. The minimum atomic E-state index is 0.0753. The van der Waals surface area contributed by atoms with Crippen molar-refractivity contribution >= 4 is 11.7 Å². The third kappa shape index (κ3) is 3.17. The summed E-state index contributed by atoms with van der Waals surface area (Å²) in [6, 6.07) is 8.52. The first-order valence-corrected chi connectivity index (χ1v) is 10.7. The molecule has 1 amide bonds. The SMILES string of the molecule is Cc1nc2c(c(N3CCCC(C(=O)N4CCc5ccccc5C4)C3)n1)CCC2. The normalized spacial score (nSPS) is 21.4. The second-order valence-electron chi connectivity index (χ2n) is 8.44. The topological polar surface area (TPSA) is 49.3 Å². The number of amides is 1. The highest BCUT2D eigenvalue weighted by Gasteiger charge is 2.33. The van der Waals surface area contributed by atoms with E-state index < -0.39 is 0 Å². The minimum absolute atomic E-state index is 0.0753. The van der Waals surface area contributed by atoms with E-state index in [0.29, 0.717) is 5.91 Å². The van der Waals surface area contributed by atoms with E-state index in [4.69, 9.17) is 4.98 Å². The first-order chi connectivity index (χ1) is 13.7. The average molecular weight is 377 g/mol. The van der Waals surface area contributed by atoms with E-state index in [1.807, 2.05) is 6.92 Å². The number of piperidine rings is 1. The Hall–Kier alpha value is -2.43. The van der Waals surface area contributed by atoms with Gasteiger partial charge in [-0.2, -0.15) is 0 Å². The molecule has 0 N–H and O–H groups in total. The van der Waals surface area contributed by atoms with Crippen LogP contribution in [0.15, 0.2) is 24.3 Å². The zero-order valence-corrected chi connectivity index (χ0v) is 16.7. The maximum atomic E-state index is 13.3. The van der Waals surface area contributed by atoms with Gasteiger partial charge in [0.1, 0.15) is 11.6 Å². The van der Waals surface area contributed by atoms with Crippen LogP contribution in [0.2, 0.25) is 0 Å². The molecule has 2 aromatic rings. The lowest BCUT2D eigenvalue weighted by Gasteiger charge is -2.37. The van der Waals surface area contributed by atoms with Gasteiger partial charge in [-0.05, 0) is 56.6 Å². The summed E-state index contributed by atoms with van der Waals surface area (Å²) in [5.41, 5.74) is 5.25. The Morgan fingerprint density at radius 2 is 1.89 bits per heavy atom. The fraction of sp³-hybridized carbons (Fsp3) is 0.522. The highest BCUT2D eigenvalue weighted by molar-refractivity contribution is 5.80. The molecular weight excluding hydrogens is 348 g/mol. The zero-order valence-electron chi connectivity index (χ0n) is 16.7. The Labute approximate surface area is 166 Å². The lowest BCUT2D eigenvalue weighted by molar-refractivity contribution is -0.136. The average Bonchev–Trinajstić information content (AvgIpc) is 3.20. The standard InChI is InChI=1S/C23H28N4O/c1-16-24-21-10-4-9-20(21)22(25-16)26-12-5-8-19(15-26)23(28)27-13-11-17-6-2-3-7-18(17)14-27/h2-3,6-7,19H,4-5,8-15H2,1H3. The molecule has 1 aromatic heterocycles. The third-order valence-corrected chi connectivity index (χ3v) is 6.54. The van der Waals surface area contributed by atoms with E-state index in [1.54, 1.807) is 0 Å². The van der Waals surface area contributed by atoms with Gasteiger partial charge in [0.25, 0.3) is 0 Å². The second kappa shape index (κ2) is 7.19. The molecule has 5 rings (SSSR count). The molecule has 1 aliphatic carbocycles. The largest absolute Gasteiger partial charge is 0.355 e. The van der Waals surface area contributed by atoms with Crippen molar-refractivity contribution in [2.75, 3.05) is 24.5 Å². The second-order valence-corrected chi connectivity index (χ2v) is 8.44. The highest BCUT2D eigenvalue weighted by Crippen LogP contribution is 2.32. The molecule has 0 radical (unpaired) electrons. The van der Waals surface area contributed by atoms with Gasteiger partial charge in [0.2, 0.25) is 5.91 Å². The predicted molar refractivity (Wildman–Crippen MR) is 109 cm³/mol. The maximum absolute atomic E-state index is 13.3. The van der Waals surface area contributed by atoms with Gasteiger partial charge in [-0.1, -0.05) is 24.3 Å². The Morgan fingerprint density at radius 1 is 1.04 bits per heavy atom. The van der Waals surface area contributed by atoms with Gasteiger partial charge in [0, 0.05) is 37.4 Å². The predicted octanol–water partition coefficient (Wildman–Crippen LogP) is 3.08. The molecule has 3 heterocycles. The summed E-state index contributed by atoms with van der Waals surface area (Å²) >= 11 is 0. The van der Waals surface area contributed by atoms with Gasteiger partial charge in [0.15, 0.2) is 0 Å². The van der Waals surface area contributed by atoms with Crippen LogP contribution in [0.5, 0.6) is 0 Å². The van der Waals surface area contributed by atoms with Gasteiger partial charge in [-0.15, -0.1) is 0 Å². The highest BCUT2D eigenvalue weighted by atomic mass is 16.2. The number of anilines is 1. The molecule has 0 spiro atoms. The maximum Gasteiger partial charge on any atom is 0.227 e. The number of benzene rings is 1. The summed E-state index contributed by atoms with van der Waals surface area (Å²) < 4.78 is 0. The van der Waals surface area contributed by atoms with Crippen LogP contribution >= 0.6 is 0 Å². The molecule has 28 heavy (non-hydrogen) atoms. The molecule has 5 heteroatoms. The van der Waals surface area contributed by atoms with Crippen LogP contribution in [0.1, 0.15) is 47.5 Å². The van der Waals surface area contributed by atoms with Crippen LogP contribution in [-0.4, -0.2) is 40.4 Å². The lowest BCUT2D eigenvalue weighted by atomic mass is 9.93. The summed E-state index contributed by atoms with van der Waals surface area (Å²) in [6.45, 7) is 5.37. The van der Waals surface area contributed by atoms with Gasteiger partial charge in [-0.25, -0.2) is 9.97 Å². The van der Waals surface area contributed by atoms with Gasteiger partial charge in [-0.3, -0.25) is 4.79 Å². The van der Waals surface area contributed by atoms with Crippen molar-refractivity contribution in [1.82, 2.24) is 14.9 Å². The first kappa shape index (κ1) is 17.7. The lowest BCUT2D eigenvalue weighted by Crippen LogP contribution is -2.46. The quantitative estimate of drug-likeness (QED) is 0.808. The Kier molecular flexibility index (Phi) is 4.53. The number of rotatable bonds is 2. The number of nitrogens with zero attached hydrogens (tertiary/aromatic N) is 4. The van der Waals surface area contributed by atoms with E-state index in [1.165, 1.54) is 28.8 Å². The molecule has 2 aliphatic heterocycles. The molecule has 1 atom stereocenters. The molecule has 5 nitrogen and oxygen atoms in total. The number of fused-ring (bicyclic) bond motifs is 2. The molecule has 0 bridgehead atoms. The van der Waals surface area contributed by atoms with Crippen LogP contribution in [-0.2, 0) is 30.6 Å². The van der Waals surface area contributed by atoms with E-state index >= 15 is 0 Å². The number of aryl methyl sites for hydroxylation is 2. The van der Waals surface area contributed by atoms with Crippen molar-refractivity contribution < 1.29 is 4.79 Å². The van der Waals surface area contributed by atoms with Crippen LogP contribution < -0.4 is 4.90 Å². The molecule has 146 valence electrons. The molecular formula is C23H28N4O. The van der Waals surface area contributed by atoms with E-state index in [0.717, 1.165) is 69.9 Å². The van der Waals surface area contributed by atoms with Gasteiger partial charge >= 0.3 is 0 Å². The fourth-order valence-electron chi connectivity index (χ4n) is 5.11. The smallest absolute Gasteiger partial charge is 0.227 e. The third-order valence-electron chi connectivity index (χ3n) is 6.54. The van der Waals surface area contributed by atoms with Crippen LogP contribution in [0.4, 0.5) is 5.82 Å². The molecule has 1 unspecified atom stereocenters. The zero-order chi connectivity index (χ0) is 19.1. The van der Waals surface area contributed by atoms with Crippen LogP contribution in [0.25, 0.3) is 0 Å². The van der Waals surface area contributed by atoms with Crippen LogP contribution in [0.3, 0.4) is 0 Å². The molecule has 1 saturated heterocycles. The number of carbonyl (C=O) groups excluding carboxylic acids is 1. The van der Waals surface area contributed by atoms with Crippen LogP contribution in [0, 0.1) is 12.8 Å². The Bertz CT molecular complexity index is 909. The van der Waals surface area contributed by atoms with Crippen molar-refractivity contribution in [2.45, 2.75) is 52.0 Å². The molecule has 0 saturated carbocycles. The van der Waals surface area contributed by atoms with Gasteiger partial charge < -0.3 is 9.80 Å². The monoisotopic (exact) mass is 376 g/mol. The summed E-state index contributed by atoms with van der Waals surface area (Å²) in [5, 5.41) is 0. The minimum Gasteiger partial charge on any atom is -0.355 e. The summed E-state index contributed by atoms with van der Waals surface area (Å²) in [6.07, 6.45) is 6.32. The van der Waals surface area contributed by atoms with E-state index in [2.05, 4.69) is 39.0 Å². The fourth-order valence-corrected chi connectivity index (χ4v) is 5.11. The first-order valence-electron chi connectivity index (χ1n) is 10.7.